The zero-order valence-electron chi connectivity index (χ0n) is 18.2. The van der Waals surface area contributed by atoms with Crippen molar-refractivity contribution in [3.63, 3.8) is 0 Å². The van der Waals surface area contributed by atoms with Gasteiger partial charge < -0.3 is 20.5 Å². The SMILES string of the molecule is C[C@@H](NC(=O)c1cc(CNC(=O)OCC2c3ccccc3-c3ccccc32)nn1C)C(=O)O. The summed E-state index contributed by atoms with van der Waals surface area (Å²) < 4.78 is 6.83. The van der Waals surface area contributed by atoms with Crippen molar-refractivity contribution in [2.45, 2.75) is 25.4 Å². The van der Waals surface area contributed by atoms with E-state index in [0.717, 1.165) is 22.3 Å². The molecular formula is C24H24N4O5. The minimum Gasteiger partial charge on any atom is -0.480 e. The van der Waals surface area contributed by atoms with Crippen molar-refractivity contribution in [3.05, 3.63) is 77.1 Å². The Morgan fingerprint density at radius 2 is 1.70 bits per heavy atom. The summed E-state index contributed by atoms with van der Waals surface area (Å²) in [6.45, 7) is 1.63. The van der Waals surface area contributed by atoms with Crippen LogP contribution in [0.4, 0.5) is 4.79 Å². The Labute approximate surface area is 190 Å². The fourth-order valence-corrected chi connectivity index (χ4v) is 3.97. The molecule has 0 aliphatic heterocycles. The molecule has 9 nitrogen and oxygen atoms in total. The maximum absolute atomic E-state index is 12.3. The van der Waals surface area contributed by atoms with Gasteiger partial charge in [0.05, 0.1) is 12.2 Å². The molecule has 2 aromatic carbocycles. The predicted molar refractivity (Wildman–Crippen MR) is 120 cm³/mol. The van der Waals surface area contributed by atoms with Gasteiger partial charge in [0.15, 0.2) is 0 Å². The zero-order chi connectivity index (χ0) is 23.5. The van der Waals surface area contributed by atoms with E-state index in [1.54, 1.807) is 7.05 Å². The van der Waals surface area contributed by atoms with E-state index in [4.69, 9.17) is 9.84 Å². The van der Waals surface area contributed by atoms with Crippen LogP contribution < -0.4 is 10.6 Å². The lowest BCUT2D eigenvalue weighted by Gasteiger charge is -2.14. The van der Waals surface area contributed by atoms with Crippen LogP contribution in [-0.2, 0) is 23.1 Å². The van der Waals surface area contributed by atoms with Gasteiger partial charge in [-0.1, -0.05) is 48.5 Å². The Morgan fingerprint density at radius 1 is 1.09 bits per heavy atom. The van der Waals surface area contributed by atoms with Gasteiger partial charge >= 0.3 is 12.1 Å². The minimum atomic E-state index is -1.14. The van der Waals surface area contributed by atoms with Gasteiger partial charge in [0.2, 0.25) is 0 Å². The topological polar surface area (TPSA) is 123 Å². The monoisotopic (exact) mass is 448 g/mol. The number of carbonyl (C=O) groups excluding carboxylic acids is 2. The zero-order valence-corrected chi connectivity index (χ0v) is 18.2. The molecule has 0 spiro atoms. The number of amides is 2. The fraction of sp³-hybridized carbons (Fsp3) is 0.250. The van der Waals surface area contributed by atoms with Crippen LogP contribution in [0.25, 0.3) is 11.1 Å². The number of aryl methyl sites for hydroxylation is 1. The van der Waals surface area contributed by atoms with Gasteiger partial charge in [-0.15, -0.1) is 0 Å². The van der Waals surface area contributed by atoms with E-state index in [1.165, 1.54) is 17.7 Å². The number of hydrogen-bond donors (Lipinski definition) is 3. The molecule has 1 aliphatic carbocycles. The third-order valence-electron chi connectivity index (χ3n) is 5.64. The van der Waals surface area contributed by atoms with Crippen LogP contribution in [0.5, 0.6) is 0 Å². The second kappa shape index (κ2) is 9.15. The molecule has 1 heterocycles. The van der Waals surface area contributed by atoms with Gasteiger partial charge in [-0.05, 0) is 35.2 Å². The summed E-state index contributed by atoms with van der Waals surface area (Å²) in [5.41, 5.74) is 5.19. The van der Waals surface area contributed by atoms with Gasteiger partial charge in [-0.2, -0.15) is 5.10 Å². The van der Waals surface area contributed by atoms with Crippen LogP contribution in [0.3, 0.4) is 0 Å². The summed E-state index contributed by atoms with van der Waals surface area (Å²) in [6, 6.07) is 16.6. The average Bonchev–Trinajstić information content (AvgIpc) is 3.34. The van der Waals surface area contributed by atoms with Crippen molar-refractivity contribution < 1.29 is 24.2 Å². The summed E-state index contributed by atoms with van der Waals surface area (Å²) in [4.78, 5) is 35.5. The number of nitrogens with zero attached hydrogens (tertiary/aromatic N) is 2. The molecule has 33 heavy (non-hydrogen) atoms. The van der Waals surface area contributed by atoms with E-state index in [-0.39, 0.29) is 24.8 Å². The van der Waals surface area contributed by atoms with Crippen LogP contribution in [0.1, 0.15) is 40.2 Å². The predicted octanol–water partition coefficient (Wildman–Crippen LogP) is 2.66. The fourth-order valence-electron chi connectivity index (χ4n) is 3.97. The lowest BCUT2D eigenvalue weighted by molar-refractivity contribution is -0.138. The Balaban J connectivity index is 1.35. The number of rotatable bonds is 7. The second-order valence-electron chi connectivity index (χ2n) is 7.86. The van der Waals surface area contributed by atoms with Crippen molar-refractivity contribution in [2.75, 3.05) is 6.61 Å². The van der Waals surface area contributed by atoms with Crippen LogP contribution in [-0.4, -0.2) is 45.5 Å². The average molecular weight is 448 g/mol. The summed E-state index contributed by atoms with van der Waals surface area (Å²) in [7, 11) is 1.57. The number of aromatic nitrogens is 2. The molecule has 4 rings (SSSR count). The Morgan fingerprint density at radius 3 is 2.30 bits per heavy atom. The van der Waals surface area contributed by atoms with Crippen molar-refractivity contribution in [3.8, 4) is 11.1 Å². The highest BCUT2D eigenvalue weighted by Crippen LogP contribution is 2.44. The lowest BCUT2D eigenvalue weighted by Crippen LogP contribution is -2.39. The van der Waals surface area contributed by atoms with Crippen molar-refractivity contribution >= 4 is 18.0 Å². The minimum absolute atomic E-state index is 0.0375. The number of benzene rings is 2. The van der Waals surface area contributed by atoms with Crippen molar-refractivity contribution in [2.24, 2.45) is 7.05 Å². The molecule has 3 N–H and O–H groups in total. The smallest absolute Gasteiger partial charge is 0.407 e. The first-order valence-electron chi connectivity index (χ1n) is 10.5. The number of nitrogens with one attached hydrogen (secondary N) is 2. The molecule has 3 aromatic rings. The first kappa shape index (κ1) is 22.1. The quantitative estimate of drug-likeness (QED) is 0.511. The van der Waals surface area contributed by atoms with E-state index < -0.39 is 24.0 Å². The molecule has 0 saturated carbocycles. The number of carboxylic acids is 1. The van der Waals surface area contributed by atoms with Crippen molar-refractivity contribution in [1.29, 1.82) is 0 Å². The molecule has 2 amide bonds. The summed E-state index contributed by atoms with van der Waals surface area (Å²) >= 11 is 0. The number of carbonyl (C=O) groups is 3. The maximum Gasteiger partial charge on any atom is 0.407 e. The van der Waals surface area contributed by atoms with E-state index in [1.807, 2.05) is 36.4 Å². The highest BCUT2D eigenvalue weighted by Gasteiger charge is 2.29. The molecule has 1 aromatic heterocycles. The van der Waals surface area contributed by atoms with Gasteiger partial charge in [0, 0.05) is 13.0 Å². The highest BCUT2D eigenvalue weighted by molar-refractivity contribution is 5.95. The highest BCUT2D eigenvalue weighted by atomic mass is 16.5. The molecule has 0 fully saturated rings. The van der Waals surface area contributed by atoms with Crippen LogP contribution in [0, 0.1) is 0 Å². The standard InChI is InChI=1S/C24H24N4O5/c1-14(23(30)31)26-22(29)21-11-15(27-28(21)2)12-25-24(32)33-13-20-18-9-5-3-7-16(18)17-8-4-6-10-19(17)20/h3-11,14,20H,12-13H2,1-2H3,(H,25,32)(H,26,29)(H,30,31)/t14-/m1/s1. The second-order valence-corrected chi connectivity index (χ2v) is 7.86. The molecule has 0 bridgehead atoms. The summed E-state index contributed by atoms with van der Waals surface area (Å²) in [5.74, 6) is -1.74. The van der Waals surface area contributed by atoms with E-state index >= 15 is 0 Å². The van der Waals surface area contributed by atoms with E-state index in [0.29, 0.717) is 5.69 Å². The third kappa shape index (κ3) is 4.57. The summed E-state index contributed by atoms with van der Waals surface area (Å²) in [6.07, 6.45) is -0.590. The largest absolute Gasteiger partial charge is 0.480 e. The number of hydrogen-bond acceptors (Lipinski definition) is 5. The van der Waals surface area contributed by atoms with Gasteiger partial charge in [0.25, 0.3) is 5.91 Å². The number of carboxylic acid groups (broad SMARTS) is 1. The Hall–Kier alpha value is -4.14. The first-order chi connectivity index (χ1) is 15.8. The van der Waals surface area contributed by atoms with Crippen molar-refractivity contribution in [1.82, 2.24) is 20.4 Å². The molecule has 9 heteroatoms. The molecule has 1 aliphatic rings. The normalized spacial score (nSPS) is 13.0. The molecule has 0 radical (unpaired) electrons. The Kier molecular flexibility index (Phi) is 6.12. The summed E-state index contributed by atoms with van der Waals surface area (Å²) in [5, 5.41) is 18.1. The number of fused-ring (bicyclic) bond motifs is 3. The molecule has 0 unspecified atom stereocenters. The van der Waals surface area contributed by atoms with Crippen LogP contribution in [0.15, 0.2) is 54.6 Å². The maximum atomic E-state index is 12.3. The van der Waals surface area contributed by atoms with E-state index in [2.05, 4.69) is 27.9 Å². The molecule has 170 valence electrons. The lowest BCUT2D eigenvalue weighted by atomic mass is 9.98. The van der Waals surface area contributed by atoms with Crippen LogP contribution in [0.2, 0.25) is 0 Å². The number of alkyl carbamates (subject to hydrolysis) is 1. The third-order valence-corrected chi connectivity index (χ3v) is 5.64. The van der Waals surface area contributed by atoms with Gasteiger partial charge in [0.1, 0.15) is 18.3 Å². The molecular weight excluding hydrogens is 424 g/mol. The molecule has 1 atom stereocenters. The number of ether oxygens (including phenoxy) is 1. The molecule has 0 saturated heterocycles. The first-order valence-corrected chi connectivity index (χ1v) is 10.5. The number of aliphatic carboxylic acids is 1. The van der Waals surface area contributed by atoms with Gasteiger partial charge in [-0.3, -0.25) is 14.3 Å². The van der Waals surface area contributed by atoms with Gasteiger partial charge in [-0.25, -0.2) is 4.79 Å². The van der Waals surface area contributed by atoms with Crippen LogP contribution >= 0.6 is 0 Å². The van der Waals surface area contributed by atoms with E-state index in [9.17, 15) is 14.4 Å². The Bertz CT molecular complexity index is 1170.